The van der Waals surface area contributed by atoms with Gasteiger partial charge in [0, 0.05) is 19.0 Å². The zero-order chi connectivity index (χ0) is 16.8. The Labute approximate surface area is 128 Å². The van der Waals surface area contributed by atoms with Crippen LogP contribution < -0.4 is 0 Å². The molecule has 7 heteroatoms. The maximum Gasteiger partial charge on any atom is 0.450 e. The summed E-state index contributed by atoms with van der Waals surface area (Å²) in [6.07, 6.45) is -3.28. The van der Waals surface area contributed by atoms with Crippen LogP contribution in [-0.2, 0) is 9.53 Å². The van der Waals surface area contributed by atoms with Crippen molar-refractivity contribution in [3.8, 4) is 0 Å². The summed E-state index contributed by atoms with van der Waals surface area (Å²) in [7, 11) is 0. The highest BCUT2D eigenvalue weighted by molar-refractivity contribution is 5.87. The molecule has 4 nitrogen and oxygen atoms in total. The number of amides is 1. The number of hydrogen-bond acceptors (Lipinski definition) is 3. The van der Waals surface area contributed by atoms with Crippen LogP contribution in [0.15, 0.2) is 0 Å². The van der Waals surface area contributed by atoms with E-state index in [4.69, 9.17) is 4.74 Å². The lowest BCUT2D eigenvalue weighted by molar-refractivity contribution is -0.184. The number of likely N-dealkylation sites (tertiary alicyclic amines) is 1. The first kappa shape index (κ1) is 17.1. The van der Waals surface area contributed by atoms with Gasteiger partial charge in [-0.3, -0.25) is 4.79 Å². The van der Waals surface area contributed by atoms with Crippen LogP contribution in [0.4, 0.5) is 18.0 Å². The summed E-state index contributed by atoms with van der Waals surface area (Å²) in [6, 6.07) is 0. The lowest BCUT2D eigenvalue weighted by atomic mass is 9.56. The monoisotopic (exact) mass is 321 g/mol. The number of piperidine rings is 1. The summed E-state index contributed by atoms with van der Waals surface area (Å²) in [5.41, 5.74) is -0.767. The van der Waals surface area contributed by atoms with Crippen molar-refractivity contribution in [3.63, 3.8) is 0 Å². The van der Waals surface area contributed by atoms with E-state index in [2.05, 4.69) is 0 Å². The minimum Gasteiger partial charge on any atom is -0.444 e. The molecule has 0 aromatic carbocycles. The van der Waals surface area contributed by atoms with Gasteiger partial charge in [0.1, 0.15) is 5.60 Å². The second-order valence-electron chi connectivity index (χ2n) is 7.43. The van der Waals surface area contributed by atoms with E-state index in [-0.39, 0.29) is 24.3 Å². The van der Waals surface area contributed by atoms with Crippen LogP contribution in [0, 0.1) is 11.3 Å². The number of carbonyl (C=O) groups is 2. The van der Waals surface area contributed by atoms with Crippen molar-refractivity contribution in [1.82, 2.24) is 4.90 Å². The number of rotatable bonds is 1. The Kier molecular flexibility index (Phi) is 4.21. The molecule has 0 N–H and O–H groups in total. The van der Waals surface area contributed by atoms with Crippen molar-refractivity contribution in [2.45, 2.75) is 58.2 Å². The quantitative estimate of drug-likeness (QED) is 0.742. The van der Waals surface area contributed by atoms with E-state index in [9.17, 15) is 22.8 Å². The molecule has 1 aliphatic carbocycles. The van der Waals surface area contributed by atoms with Gasteiger partial charge in [-0.15, -0.1) is 0 Å². The molecular weight excluding hydrogens is 299 g/mol. The summed E-state index contributed by atoms with van der Waals surface area (Å²) in [5, 5.41) is 0. The van der Waals surface area contributed by atoms with E-state index in [0.717, 1.165) is 0 Å². The third-order valence-corrected chi connectivity index (χ3v) is 4.48. The van der Waals surface area contributed by atoms with E-state index >= 15 is 0 Å². The highest BCUT2D eigenvalue weighted by Gasteiger charge is 2.54. The van der Waals surface area contributed by atoms with Crippen molar-refractivity contribution in [2.75, 3.05) is 13.1 Å². The van der Waals surface area contributed by atoms with Crippen molar-refractivity contribution in [1.29, 1.82) is 0 Å². The maximum absolute atomic E-state index is 12.4. The van der Waals surface area contributed by atoms with Crippen LogP contribution >= 0.6 is 0 Å². The minimum absolute atomic E-state index is 0.204. The molecule has 0 radical (unpaired) electrons. The fourth-order valence-electron chi connectivity index (χ4n) is 3.30. The predicted molar refractivity (Wildman–Crippen MR) is 73.3 cm³/mol. The Morgan fingerprint density at radius 1 is 1.09 bits per heavy atom. The molecule has 22 heavy (non-hydrogen) atoms. The zero-order valence-corrected chi connectivity index (χ0v) is 13.1. The van der Waals surface area contributed by atoms with Gasteiger partial charge in [0.2, 0.25) is 5.78 Å². The molecule has 0 aromatic rings. The summed E-state index contributed by atoms with van der Waals surface area (Å²) in [5.74, 6) is -2.50. The van der Waals surface area contributed by atoms with Crippen molar-refractivity contribution >= 4 is 11.9 Å². The average Bonchev–Trinajstić information content (AvgIpc) is 2.32. The van der Waals surface area contributed by atoms with Gasteiger partial charge in [0.05, 0.1) is 0 Å². The van der Waals surface area contributed by atoms with Gasteiger partial charge in [0.25, 0.3) is 0 Å². The fraction of sp³-hybridized carbons (Fsp3) is 0.867. The molecule has 1 heterocycles. The van der Waals surface area contributed by atoms with E-state index in [1.54, 1.807) is 25.7 Å². The molecule has 1 spiro atoms. The number of carbonyl (C=O) groups excluding carboxylic acids is 2. The Bertz CT molecular complexity index is 452. The van der Waals surface area contributed by atoms with E-state index in [1.165, 1.54) is 0 Å². The molecule has 126 valence electrons. The molecule has 0 atom stereocenters. The van der Waals surface area contributed by atoms with Crippen LogP contribution in [-0.4, -0.2) is 41.6 Å². The molecule has 0 aromatic heterocycles. The van der Waals surface area contributed by atoms with Gasteiger partial charge in [-0.2, -0.15) is 13.2 Å². The molecule has 1 saturated heterocycles. The number of halogens is 3. The van der Waals surface area contributed by atoms with E-state index < -0.39 is 23.5 Å². The van der Waals surface area contributed by atoms with Gasteiger partial charge in [-0.25, -0.2) is 4.79 Å². The van der Waals surface area contributed by atoms with Crippen LogP contribution in [0.5, 0.6) is 0 Å². The lowest BCUT2D eigenvalue weighted by Gasteiger charge is -2.51. The predicted octanol–water partition coefficient (Wildman–Crippen LogP) is 3.55. The number of hydrogen-bond donors (Lipinski definition) is 0. The number of nitrogens with zero attached hydrogens (tertiary/aromatic N) is 1. The SMILES string of the molecule is CC(C)(C)OC(=O)N1CCC2(CC1)CC(C(=O)C(F)(F)F)C2. The van der Waals surface area contributed by atoms with Crippen LogP contribution in [0.2, 0.25) is 0 Å². The number of ether oxygens (including phenoxy) is 1. The Hall–Kier alpha value is -1.27. The molecule has 1 saturated carbocycles. The van der Waals surface area contributed by atoms with Crippen molar-refractivity contribution < 1.29 is 27.5 Å². The average molecular weight is 321 g/mol. The Morgan fingerprint density at radius 3 is 2.00 bits per heavy atom. The van der Waals surface area contributed by atoms with Gasteiger partial charge in [-0.1, -0.05) is 0 Å². The molecule has 2 rings (SSSR count). The normalized spacial score (nSPS) is 22.4. The fourth-order valence-corrected chi connectivity index (χ4v) is 3.30. The molecule has 2 fully saturated rings. The minimum atomic E-state index is -4.73. The van der Waals surface area contributed by atoms with E-state index in [1.807, 2.05) is 0 Å². The van der Waals surface area contributed by atoms with Gasteiger partial charge in [0.15, 0.2) is 0 Å². The number of ketones is 1. The molecule has 0 unspecified atom stereocenters. The van der Waals surface area contributed by atoms with Crippen LogP contribution in [0.1, 0.15) is 46.5 Å². The zero-order valence-electron chi connectivity index (χ0n) is 13.1. The largest absolute Gasteiger partial charge is 0.450 e. The van der Waals surface area contributed by atoms with Crippen molar-refractivity contribution in [2.24, 2.45) is 11.3 Å². The summed E-state index contributed by atoms with van der Waals surface area (Å²) >= 11 is 0. The maximum atomic E-state index is 12.4. The first-order chi connectivity index (χ1) is 9.92. The highest BCUT2D eigenvalue weighted by atomic mass is 19.4. The second-order valence-corrected chi connectivity index (χ2v) is 7.43. The first-order valence-electron chi connectivity index (χ1n) is 7.51. The third-order valence-electron chi connectivity index (χ3n) is 4.48. The van der Waals surface area contributed by atoms with Crippen molar-refractivity contribution in [3.05, 3.63) is 0 Å². The van der Waals surface area contributed by atoms with E-state index in [0.29, 0.717) is 25.9 Å². The number of alkyl halides is 3. The topological polar surface area (TPSA) is 46.6 Å². The summed E-state index contributed by atoms with van der Waals surface area (Å²) in [6.45, 7) is 6.31. The highest BCUT2D eigenvalue weighted by Crippen LogP contribution is 2.54. The molecule has 1 aliphatic heterocycles. The molecule has 1 amide bonds. The smallest absolute Gasteiger partial charge is 0.444 e. The Balaban J connectivity index is 1.82. The summed E-state index contributed by atoms with van der Waals surface area (Å²) < 4.78 is 42.4. The third kappa shape index (κ3) is 3.73. The first-order valence-corrected chi connectivity index (χ1v) is 7.51. The second kappa shape index (κ2) is 5.42. The number of Topliss-reactive ketones (excluding diaryl/α,β-unsaturated/α-hetero) is 1. The Morgan fingerprint density at radius 2 is 1.59 bits per heavy atom. The summed E-state index contributed by atoms with van der Waals surface area (Å²) in [4.78, 5) is 24.7. The van der Waals surface area contributed by atoms with Crippen LogP contribution in [0.25, 0.3) is 0 Å². The molecule has 0 bridgehead atoms. The van der Waals surface area contributed by atoms with Gasteiger partial charge in [-0.05, 0) is 51.9 Å². The molecular formula is C15H22F3NO3. The lowest BCUT2D eigenvalue weighted by Crippen LogP contribution is -2.52. The van der Waals surface area contributed by atoms with Gasteiger partial charge >= 0.3 is 12.3 Å². The van der Waals surface area contributed by atoms with Crippen LogP contribution in [0.3, 0.4) is 0 Å². The standard InChI is InChI=1S/C15H22F3NO3/c1-13(2,3)22-12(21)19-6-4-14(5-7-19)8-10(9-14)11(20)15(16,17)18/h10H,4-9H2,1-3H3. The van der Waals surface area contributed by atoms with Gasteiger partial charge < -0.3 is 9.64 Å². The molecule has 2 aliphatic rings.